The number of hydrogen-bond donors (Lipinski definition) is 1. The molecule has 1 aliphatic rings. The quantitative estimate of drug-likeness (QED) is 0.566. The van der Waals surface area contributed by atoms with Gasteiger partial charge in [0.15, 0.2) is 0 Å². The van der Waals surface area contributed by atoms with E-state index in [1.54, 1.807) is 0 Å². The van der Waals surface area contributed by atoms with Crippen molar-refractivity contribution in [1.82, 2.24) is 0 Å². The topological polar surface area (TPSA) is 26.0 Å². The minimum absolute atomic E-state index is 0.750. The minimum atomic E-state index is 0.750. The third-order valence-corrected chi connectivity index (χ3v) is 3.12. The Morgan fingerprint density at radius 1 is 1.38 bits per heavy atom. The lowest BCUT2D eigenvalue weighted by Gasteiger charge is -1.68. The molecule has 50 valence electrons. The number of hydrogen-bond acceptors (Lipinski definition) is 3. The molecule has 0 aromatic heterocycles. The highest BCUT2D eigenvalue weighted by Gasteiger charge is 1.95. The maximum Gasteiger partial charge on any atom is 0.0392 e. The third kappa shape index (κ3) is 6.66. The Morgan fingerprint density at radius 3 is 1.88 bits per heavy atom. The first-order valence-electron chi connectivity index (χ1n) is 2.77. The van der Waals surface area contributed by atoms with Gasteiger partial charge in [0.25, 0.3) is 0 Å². The Balaban J connectivity index is 0.000000145. The molecular weight excluding hydrogens is 138 g/mol. The van der Waals surface area contributed by atoms with Crippen LogP contribution in [0.25, 0.3) is 0 Å². The molecule has 1 nitrogen and oxygen atoms in total. The summed E-state index contributed by atoms with van der Waals surface area (Å²) in [5.74, 6) is 2.76. The fourth-order valence-electron chi connectivity index (χ4n) is 0.295. The van der Waals surface area contributed by atoms with E-state index in [1.165, 1.54) is 16.6 Å². The predicted octanol–water partition coefficient (Wildman–Crippen LogP) is 1.39. The number of thioether (sulfide) groups is 2. The van der Waals surface area contributed by atoms with Crippen molar-refractivity contribution in [2.24, 2.45) is 5.73 Å². The maximum atomic E-state index is 4.85. The molecule has 8 heavy (non-hydrogen) atoms. The van der Waals surface area contributed by atoms with E-state index in [-0.39, 0.29) is 0 Å². The van der Waals surface area contributed by atoms with Crippen LogP contribution in [0, 0.1) is 0 Å². The van der Waals surface area contributed by atoms with E-state index in [0.29, 0.717) is 0 Å². The first-order chi connectivity index (χ1) is 3.91. The van der Waals surface area contributed by atoms with Gasteiger partial charge in [-0.3, -0.25) is 0 Å². The smallest absolute Gasteiger partial charge is 0.0392 e. The Labute approximate surface area is 59.8 Å². The molecule has 0 unspecified atom stereocenters. The molecule has 1 aliphatic heterocycles. The van der Waals surface area contributed by atoms with Crippen LogP contribution in [0.5, 0.6) is 0 Å². The highest BCUT2D eigenvalue weighted by molar-refractivity contribution is 8.19. The average Bonchev–Trinajstić information content (AvgIpc) is 2.17. The van der Waals surface area contributed by atoms with E-state index >= 15 is 0 Å². The van der Waals surface area contributed by atoms with Crippen LogP contribution in [-0.4, -0.2) is 23.1 Å². The predicted molar refractivity (Wildman–Crippen MR) is 44.5 cm³/mol. The molecule has 0 aliphatic carbocycles. The summed E-state index contributed by atoms with van der Waals surface area (Å²) < 4.78 is 0. The number of rotatable bonds is 0. The summed E-state index contributed by atoms with van der Waals surface area (Å²) in [5.41, 5.74) is 4.85. The zero-order valence-electron chi connectivity index (χ0n) is 5.22. The summed E-state index contributed by atoms with van der Waals surface area (Å²) in [6, 6.07) is 0. The van der Waals surface area contributed by atoms with Gasteiger partial charge in [-0.2, -0.15) is 23.5 Å². The molecule has 0 saturated carbocycles. The zero-order valence-corrected chi connectivity index (χ0v) is 6.86. The van der Waals surface area contributed by atoms with E-state index in [9.17, 15) is 0 Å². The molecule has 1 fully saturated rings. The lowest BCUT2D eigenvalue weighted by molar-refractivity contribution is 1.14. The second-order valence-corrected chi connectivity index (χ2v) is 3.92. The maximum absolute atomic E-state index is 4.85. The summed E-state index contributed by atoms with van der Waals surface area (Å²) in [4.78, 5) is 0. The standard InChI is InChI=1S/C3H6S2.C2H7N/c1-2-5-3-4-1;1-2-3/h1-3H2;2-3H2,1H3. The normalized spacial score (nSPS) is 17.2. The van der Waals surface area contributed by atoms with Gasteiger partial charge in [-0.1, -0.05) is 6.92 Å². The van der Waals surface area contributed by atoms with Crippen LogP contribution in [0.15, 0.2) is 0 Å². The molecular formula is C5H13NS2. The van der Waals surface area contributed by atoms with E-state index in [4.69, 9.17) is 5.73 Å². The van der Waals surface area contributed by atoms with Crippen LogP contribution >= 0.6 is 23.5 Å². The molecule has 0 aromatic carbocycles. The second-order valence-electron chi connectivity index (χ2n) is 1.34. The molecule has 0 aromatic rings. The monoisotopic (exact) mass is 151 g/mol. The van der Waals surface area contributed by atoms with Gasteiger partial charge in [0.2, 0.25) is 0 Å². The average molecular weight is 151 g/mol. The molecule has 0 atom stereocenters. The summed E-state index contributed by atoms with van der Waals surface area (Å²) in [5, 5.41) is 1.33. The van der Waals surface area contributed by atoms with E-state index in [1.807, 2.05) is 30.4 Å². The van der Waals surface area contributed by atoms with Crippen LogP contribution in [-0.2, 0) is 0 Å². The van der Waals surface area contributed by atoms with Gasteiger partial charge >= 0.3 is 0 Å². The zero-order chi connectivity index (χ0) is 6.24. The second kappa shape index (κ2) is 7.66. The van der Waals surface area contributed by atoms with Gasteiger partial charge in [0, 0.05) is 16.6 Å². The van der Waals surface area contributed by atoms with Crippen LogP contribution in [0.1, 0.15) is 6.92 Å². The molecule has 0 bridgehead atoms. The van der Waals surface area contributed by atoms with Gasteiger partial charge in [-0.15, -0.1) is 0 Å². The van der Waals surface area contributed by atoms with E-state index in [2.05, 4.69) is 0 Å². The highest BCUT2D eigenvalue weighted by Crippen LogP contribution is 2.20. The number of nitrogens with two attached hydrogens (primary N) is 1. The minimum Gasteiger partial charge on any atom is -0.331 e. The highest BCUT2D eigenvalue weighted by atomic mass is 32.2. The van der Waals surface area contributed by atoms with Crippen molar-refractivity contribution in [3.63, 3.8) is 0 Å². The summed E-state index contributed by atoms with van der Waals surface area (Å²) in [6.07, 6.45) is 0. The molecule has 2 N–H and O–H groups in total. The summed E-state index contributed by atoms with van der Waals surface area (Å²) in [7, 11) is 0. The van der Waals surface area contributed by atoms with Crippen molar-refractivity contribution < 1.29 is 0 Å². The van der Waals surface area contributed by atoms with Crippen LogP contribution in [0.4, 0.5) is 0 Å². The lowest BCUT2D eigenvalue weighted by atomic mass is 10.8. The van der Waals surface area contributed by atoms with Crippen molar-refractivity contribution in [3.8, 4) is 0 Å². The molecule has 0 spiro atoms. The van der Waals surface area contributed by atoms with Gasteiger partial charge in [0.1, 0.15) is 0 Å². The van der Waals surface area contributed by atoms with Crippen LogP contribution in [0.3, 0.4) is 0 Å². The molecule has 0 radical (unpaired) electrons. The lowest BCUT2D eigenvalue weighted by Crippen LogP contribution is -1.87. The van der Waals surface area contributed by atoms with Gasteiger partial charge in [-0.25, -0.2) is 0 Å². The SMILES string of the molecule is C1CSCS1.CCN. The molecule has 1 saturated heterocycles. The first-order valence-corrected chi connectivity index (χ1v) is 5.08. The summed E-state index contributed by atoms with van der Waals surface area (Å²) >= 11 is 4.07. The van der Waals surface area contributed by atoms with E-state index < -0.39 is 0 Å². The van der Waals surface area contributed by atoms with Gasteiger partial charge < -0.3 is 5.73 Å². The van der Waals surface area contributed by atoms with Crippen molar-refractivity contribution in [3.05, 3.63) is 0 Å². The van der Waals surface area contributed by atoms with Gasteiger partial charge in [-0.05, 0) is 6.54 Å². The fraction of sp³-hybridized carbons (Fsp3) is 1.00. The molecule has 0 amide bonds. The Bertz CT molecular complexity index is 29.8. The molecule has 1 heterocycles. The van der Waals surface area contributed by atoms with Crippen LogP contribution < -0.4 is 5.73 Å². The Morgan fingerprint density at radius 2 is 1.75 bits per heavy atom. The van der Waals surface area contributed by atoms with Gasteiger partial charge in [0.05, 0.1) is 0 Å². The third-order valence-electron chi connectivity index (χ3n) is 0.539. The fourth-order valence-corrected chi connectivity index (χ4v) is 2.65. The van der Waals surface area contributed by atoms with Crippen molar-refractivity contribution in [2.75, 3.05) is 23.1 Å². The van der Waals surface area contributed by atoms with Crippen molar-refractivity contribution in [1.29, 1.82) is 0 Å². The first kappa shape index (κ1) is 8.66. The Hall–Kier alpha value is 0.660. The molecule has 3 heteroatoms. The molecule has 1 rings (SSSR count). The largest absolute Gasteiger partial charge is 0.331 e. The van der Waals surface area contributed by atoms with E-state index in [0.717, 1.165) is 6.54 Å². The van der Waals surface area contributed by atoms with Crippen molar-refractivity contribution >= 4 is 23.5 Å². The van der Waals surface area contributed by atoms with Crippen LogP contribution in [0.2, 0.25) is 0 Å². The van der Waals surface area contributed by atoms with Crippen molar-refractivity contribution in [2.45, 2.75) is 6.92 Å². The Kier molecular flexibility index (Phi) is 8.29. The summed E-state index contributed by atoms with van der Waals surface area (Å²) in [6.45, 7) is 2.65.